The molecular formula is C25H35N3O. The van der Waals surface area contributed by atoms with Gasteiger partial charge in [0.1, 0.15) is 11.6 Å². The first-order valence-electron chi connectivity index (χ1n) is 11.1. The topological polar surface area (TPSA) is 56.1 Å². The molecule has 1 atom stereocenters. The third-order valence-corrected chi connectivity index (χ3v) is 6.70. The summed E-state index contributed by atoms with van der Waals surface area (Å²) in [5.74, 6) is 0.207. The van der Waals surface area contributed by atoms with Crippen molar-refractivity contribution in [1.29, 1.82) is 5.26 Å². The van der Waals surface area contributed by atoms with E-state index in [9.17, 15) is 10.1 Å². The van der Waals surface area contributed by atoms with Gasteiger partial charge in [-0.3, -0.25) is 4.79 Å². The number of rotatable bonds is 4. The third kappa shape index (κ3) is 4.50. The smallest absolute Gasteiger partial charge is 0.262 e. The van der Waals surface area contributed by atoms with Gasteiger partial charge >= 0.3 is 0 Å². The van der Waals surface area contributed by atoms with Crippen molar-refractivity contribution in [1.82, 2.24) is 5.32 Å². The summed E-state index contributed by atoms with van der Waals surface area (Å²) in [4.78, 5) is 15.2. The van der Waals surface area contributed by atoms with Crippen LogP contribution in [0.2, 0.25) is 0 Å². The van der Waals surface area contributed by atoms with Crippen molar-refractivity contribution in [2.75, 3.05) is 11.4 Å². The second kappa shape index (κ2) is 8.61. The highest BCUT2D eigenvalue weighted by atomic mass is 16.1. The molecule has 0 unspecified atom stereocenters. The molecule has 0 aromatic heterocycles. The zero-order chi connectivity index (χ0) is 21.2. The Hall–Kier alpha value is -2.28. The first-order valence-corrected chi connectivity index (χ1v) is 11.1. The fraction of sp³-hybridized carbons (Fsp3) is 0.600. The molecule has 2 aliphatic rings. The van der Waals surface area contributed by atoms with Gasteiger partial charge in [-0.2, -0.15) is 5.26 Å². The Kier molecular flexibility index (Phi) is 6.36. The molecule has 0 radical (unpaired) electrons. The first-order chi connectivity index (χ1) is 13.8. The monoisotopic (exact) mass is 393 g/mol. The van der Waals surface area contributed by atoms with Crippen LogP contribution in [0.3, 0.4) is 0 Å². The van der Waals surface area contributed by atoms with Gasteiger partial charge in [0.25, 0.3) is 5.91 Å². The molecule has 1 N–H and O–H groups in total. The molecule has 0 bridgehead atoms. The molecule has 1 amide bonds. The predicted molar refractivity (Wildman–Crippen MR) is 120 cm³/mol. The van der Waals surface area contributed by atoms with Crippen molar-refractivity contribution >= 4 is 17.7 Å². The summed E-state index contributed by atoms with van der Waals surface area (Å²) in [5, 5.41) is 12.7. The summed E-state index contributed by atoms with van der Waals surface area (Å²) >= 11 is 0. The highest BCUT2D eigenvalue weighted by molar-refractivity contribution is 6.02. The SMILES string of the molecule is CCN1c2cc(C)c(/C=C(/C#N)C(=O)NC3CCCCC3)cc2[C@H](C)CC1(C)C. The average Bonchev–Trinajstić information content (AvgIpc) is 2.67. The molecule has 1 aliphatic heterocycles. The van der Waals surface area contributed by atoms with Crippen LogP contribution in [0.5, 0.6) is 0 Å². The first kappa shape index (κ1) is 21.4. The number of fused-ring (bicyclic) bond motifs is 1. The van der Waals surface area contributed by atoms with Gasteiger partial charge in [-0.05, 0) is 87.8 Å². The molecule has 1 aliphatic carbocycles. The fourth-order valence-electron chi connectivity index (χ4n) is 5.22. The van der Waals surface area contributed by atoms with Crippen LogP contribution in [0.15, 0.2) is 17.7 Å². The number of hydrogen-bond donors (Lipinski definition) is 1. The predicted octanol–water partition coefficient (Wildman–Crippen LogP) is 5.46. The number of anilines is 1. The number of nitrogens with zero attached hydrogens (tertiary/aromatic N) is 2. The van der Waals surface area contributed by atoms with Gasteiger partial charge in [-0.1, -0.05) is 26.2 Å². The Labute approximate surface area is 176 Å². The Morgan fingerprint density at radius 2 is 2.00 bits per heavy atom. The summed E-state index contributed by atoms with van der Waals surface area (Å²) in [6.07, 6.45) is 8.45. The van der Waals surface area contributed by atoms with Crippen molar-refractivity contribution in [2.24, 2.45) is 0 Å². The zero-order valence-electron chi connectivity index (χ0n) is 18.6. The summed E-state index contributed by atoms with van der Waals surface area (Å²) in [5.41, 5.74) is 5.01. The minimum absolute atomic E-state index is 0.128. The quantitative estimate of drug-likeness (QED) is 0.546. The van der Waals surface area contributed by atoms with E-state index >= 15 is 0 Å². The van der Waals surface area contributed by atoms with Crippen molar-refractivity contribution < 1.29 is 4.79 Å². The van der Waals surface area contributed by atoms with Crippen LogP contribution in [-0.4, -0.2) is 24.0 Å². The maximum absolute atomic E-state index is 12.7. The third-order valence-electron chi connectivity index (χ3n) is 6.70. The molecular weight excluding hydrogens is 358 g/mol. The Morgan fingerprint density at radius 3 is 2.62 bits per heavy atom. The molecule has 1 saturated carbocycles. The van der Waals surface area contributed by atoms with Crippen LogP contribution in [0.1, 0.15) is 88.8 Å². The molecule has 1 aromatic rings. The van der Waals surface area contributed by atoms with Crippen molar-refractivity contribution in [2.45, 2.75) is 90.6 Å². The van der Waals surface area contributed by atoms with E-state index < -0.39 is 0 Å². The summed E-state index contributed by atoms with van der Waals surface area (Å²) in [6.45, 7) is 12.1. The Morgan fingerprint density at radius 1 is 1.31 bits per heavy atom. The lowest BCUT2D eigenvalue weighted by molar-refractivity contribution is -0.117. The van der Waals surface area contributed by atoms with Crippen molar-refractivity contribution in [3.63, 3.8) is 0 Å². The molecule has 156 valence electrons. The van der Waals surface area contributed by atoms with Gasteiger partial charge in [-0.15, -0.1) is 0 Å². The van der Waals surface area contributed by atoms with E-state index in [1.54, 1.807) is 6.08 Å². The summed E-state index contributed by atoms with van der Waals surface area (Å²) in [7, 11) is 0. The number of carbonyl (C=O) groups is 1. The fourth-order valence-corrected chi connectivity index (χ4v) is 5.22. The lowest BCUT2D eigenvalue weighted by atomic mass is 9.79. The molecule has 1 aromatic carbocycles. The van der Waals surface area contributed by atoms with E-state index in [1.807, 2.05) is 0 Å². The number of nitriles is 1. The van der Waals surface area contributed by atoms with Crippen molar-refractivity contribution in [3.8, 4) is 6.07 Å². The lowest BCUT2D eigenvalue weighted by Crippen LogP contribution is -2.48. The molecule has 0 spiro atoms. The van der Waals surface area contributed by atoms with E-state index in [0.29, 0.717) is 5.92 Å². The number of aryl methyl sites for hydroxylation is 1. The van der Waals surface area contributed by atoms with E-state index in [1.165, 1.54) is 17.7 Å². The molecule has 3 rings (SSSR count). The largest absolute Gasteiger partial charge is 0.366 e. The highest BCUT2D eigenvalue weighted by Crippen LogP contribution is 2.44. The highest BCUT2D eigenvalue weighted by Gasteiger charge is 2.35. The van der Waals surface area contributed by atoms with Crippen LogP contribution in [0, 0.1) is 18.3 Å². The standard InChI is InChI=1S/C25H35N3O/c1-6-28-23-12-17(2)19(14-22(23)18(3)15-25(28,4)5)13-20(16-26)24(29)27-21-10-8-7-9-11-21/h12-14,18,21H,6-11,15H2,1-5H3,(H,27,29)/b20-13-/t18-/m1/s1. The van der Waals surface area contributed by atoms with E-state index in [-0.39, 0.29) is 23.1 Å². The number of carbonyl (C=O) groups excluding carboxylic acids is 1. The number of nitrogens with one attached hydrogen (secondary N) is 1. The summed E-state index contributed by atoms with van der Waals surface area (Å²) in [6, 6.07) is 6.76. The summed E-state index contributed by atoms with van der Waals surface area (Å²) < 4.78 is 0. The molecule has 0 saturated heterocycles. The second-order valence-corrected chi connectivity index (χ2v) is 9.41. The van der Waals surface area contributed by atoms with Crippen LogP contribution in [-0.2, 0) is 4.79 Å². The van der Waals surface area contributed by atoms with Crippen LogP contribution < -0.4 is 10.2 Å². The Bertz CT molecular complexity index is 840. The Balaban J connectivity index is 1.91. The van der Waals surface area contributed by atoms with Gasteiger partial charge in [0.15, 0.2) is 0 Å². The van der Waals surface area contributed by atoms with Crippen LogP contribution in [0.4, 0.5) is 5.69 Å². The number of amides is 1. The number of benzene rings is 1. The second-order valence-electron chi connectivity index (χ2n) is 9.41. The van der Waals surface area contributed by atoms with Gasteiger partial charge in [0.05, 0.1) is 0 Å². The van der Waals surface area contributed by atoms with Gasteiger partial charge in [0, 0.05) is 23.8 Å². The maximum Gasteiger partial charge on any atom is 0.262 e. The molecule has 4 nitrogen and oxygen atoms in total. The zero-order valence-corrected chi connectivity index (χ0v) is 18.6. The number of hydrogen-bond acceptors (Lipinski definition) is 3. The normalized spacial score (nSPS) is 22.0. The van der Waals surface area contributed by atoms with Crippen LogP contribution in [0.25, 0.3) is 6.08 Å². The minimum Gasteiger partial charge on any atom is -0.366 e. The maximum atomic E-state index is 12.7. The van der Waals surface area contributed by atoms with Crippen LogP contribution >= 0.6 is 0 Å². The van der Waals surface area contributed by atoms with Gasteiger partial charge < -0.3 is 10.2 Å². The molecule has 4 heteroatoms. The van der Waals surface area contributed by atoms with E-state index in [2.05, 4.69) is 63.0 Å². The van der Waals surface area contributed by atoms with Gasteiger partial charge in [0.2, 0.25) is 0 Å². The minimum atomic E-state index is -0.235. The molecule has 29 heavy (non-hydrogen) atoms. The average molecular weight is 394 g/mol. The van der Waals surface area contributed by atoms with E-state index in [4.69, 9.17) is 0 Å². The molecule has 1 heterocycles. The molecule has 1 fully saturated rings. The van der Waals surface area contributed by atoms with E-state index in [0.717, 1.165) is 49.8 Å². The lowest BCUT2D eigenvalue weighted by Gasteiger charge is -2.47. The van der Waals surface area contributed by atoms with Crippen molar-refractivity contribution in [3.05, 3.63) is 34.4 Å². The van der Waals surface area contributed by atoms with Gasteiger partial charge in [-0.25, -0.2) is 0 Å².